The number of esters is 2. The first-order chi connectivity index (χ1) is 22.0. The van der Waals surface area contributed by atoms with Crippen LogP contribution in [0.3, 0.4) is 0 Å². The molecule has 11 heteroatoms. The fourth-order valence-corrected chi connectivity index (χ4v) is 5.16. The van der Waals surface area contributed by atoms with Crippen LogP contribution < -0.4 is 17.1 Å². The predicted octanol–water partition coefficient (Wildman–Crippen LogP) is 5.42. The number of carbonyl (C=O) groups is 2. The van der Waals surface area contributed by atoms with Gasteiger partial charge in [0.05, 0.1) is 13.1 Å². The average molecular weight is 650 g/mol. The second kappa shape index (κ2) is 23.2. The number of carbonyl (C=O) groups excluding carboxylic acids is 2. The van der Waals surface area contributed by atoms with Crippen LogP contribution in [0.25, 0.3) is 0 Å². The number of aliphatic hydroxyl groups is 1. The summed E-state index contributed by atoms with van der Waals surface area (Å²) in [5.41, 5.74) is -1.93. The van der Waals surface area contributed by atoms with Gasteiger partial charge in [0.15, 0.2) is 0 Å². The molecule has 0 aliphatic carbocycles. The van der Waals surface area contributed by atoms with Crippen molar-refractivity contribution in [1.29, 1.82) is 0 Å². The largest absolute Gasteiger partial charge is 0.457 e. The van der Waals surface area contributed by atoms with Gasteiger partial charge in [0.25, 0.3) is 0 Å². The molecule has 46 heavy (non-hydrogen) atoms. The number of hydrogen-bond donors (Lipinski definition) is 1. The van der Waals surface area contributed by atoms with Crippen LogP contribution in [-0.4, -0.2) is 49.6 Å². The Morgan fingerprint density at radius 2 is 0.978 bits per heavy atom. The first-order valence-electron chi connectivity index (χ1n) is 17.3. The Bertz CT molecular complexity index is 1190. The van der Waals surface area contributed by atoms with Gasteiger partial charge < -0.3 is 14.6 Å². The minimum Gasteiger partial charge on any atom is -0.457 e. The summed E-state index contributed by atoms with van der Waals surface area (Å²) < 4.78 is 14.4. The summed E-state index contributed by atoms with van der Waals surface area (Å²) in [5, 5.41) is 9.01. The van der Waals surface area contributed by atoms with Gasteiger partial charge in [0.1, 0.15) is 12.2 Å². The lowest BCUT2D eigenvalue weighted by atomic mass is 10.1. The number of aromatic nitrogens is 3. The van der Waals surface area contributed by atoms with Gasteiger partial charge in [0, 0.05) is 24.3 Å². The summed E-state index contributed by atoms with van der Waals surface area (Å²) in [5.74, 6) is -1.22. The average Bonchev–Trinajstić information content (AvgIpc) is 3.01. The van der Waals surface area contributed by atoms with Gasteiger partial charge >= 0.3 is 29.0 Å². The quantitative estimate of drug-likeness (QED) is 0.0798. The standard InChI is InChI=1S/C35H59N3O8/c1-7-9-11-17-21-29(45-31(40)27(3)4)25-37-33(42)36(23-19-15-13-14-16-20-24-39)34(43)38(35(37)44)26-30(22-18-12-10-8-2)46-32(41)28(5)6/h29-30,39H,3,5,7-26H2,1-2,4,6H3. The van der Waals surface area contributed by atoms with Crippen molar-refractivity contribution < 1.29 is 24.2 Å². The van der Waals surface area contributed by atoms with Gasteiger partial charge in [-0.1, -0.05) is 91.2 Å². The van der Waals surface area contributed by atoms with E-state index in [0.717, 1.165) is 97.2 Å². The molecule has 1 rings (SSSR count). The summed E-state index contributed by atoms with van der Waals surface area (Å²) in [7, 11) is 0. The molecule has 1 aromatic rings. The molecule has 0 fully saturated rings. The Balaban J connectivity index is 3.54. The Kier molecular flexibility index (Phi) is 20.6. The molecule has 262 valence electrons. The molecule has 0 radical (unpaired) electrons. The van der Waals surface area contributed by atoms with Crippen molar-refractivity contribution in [2.45, 2.75) is 162 Å². The Morgan fingerprint density at radius 3 is 1.37 bits per heavy atom. The third-order valence-corrected chi connectivity index (χ3v) is 7.95. The van der Waals surface area contributed by atoms with Crippen molar-refractivity contribution in [2.24, 2.45) is 0 Å². The van der Waals surface area contributed by atoms with E-state index in [-0.39, 0.29) is 37.4 Å². The van der Waals surface area contributed by atoms with Crippen LogP contribution in [-0.2, 0) is 38.7 Å². The number of unbranched alkanes of at least 4 members (excludes halogenated alkanes) is 11. The van der Waals surface area contributed by atoms with E-state index in [1.807, 2.05) is 0 Å². The molecule has 0 amide bonds. The topological polar surface area (TPSA) is 139 Å². The maximum absolute atomic E-state index is 13.9. The molecule has 1 aromatic heterocycles. The van der Waals surface area contributed by atoms with Crippen LogP contribution in [0.1, 0.15) is 130 Å². The Hall–Kier alpha value is -3.21. The summed E-state index contributed by atoms with van der Waals surface area (Å²) >= 11 is 0. The highest BCUT2D eigenvalue weighted by Gasteiger charge is 2.24. The van der Waals surface area contributed by atoms with E-state index in [9.17, 15) is 24.0 Å². The van der Waals surface area contributed by atoms with E-state index >= 15 is 0 Å². The molecule has 2 unspecified atom stereocenters. The Labute approximate surface area is 274 Å². The van der Waals surface area contributed by atoms with Crippen molar-refractivity contribution in [3.05, 3.63) is 55.8 Å². The first-order valence-corrected chi connectivity index (χ1v) is 17.3. The summed E-state index contributed by atoms with van der Waals surface area (Å²) in [6, 6.07) is 0. The fourth-order valence-electron chi connectivity index (χ4n) is 5.16. The van der Waals surface area contributed by atoms with Gasteiger partial charge in [-0.15, -0.1) is 0 Å². The van der Waals surface area contributed by atoms with Gasteiger partial charge in [-0.3, -0.25) is 0 Å². The molecular weight excluding hydrogens is 590 g/mol. The monoisotopic (exact) mass is 649 g/mol. The van der Waals surface area contributed by atoms with Crippen molar-refractivity contribution in [2.75, 3.05) is 6.61 Å². The third-order valence-electron chi connectivity index (χ3n) is 7.95. The molecule has 1 heterocycles. The van der Waals surface area contributed by atoms with Crippen LogP contribution in [0.4, 0.5) is 0 Å². The highest BCUT2D eigenvalue weighted by atomic mass is 16.5. The number of ether oxygens (including phenoxy) is 2. The van der Waals surface area contributed by atoms with Crippen LogP contribution >= 0.6 is 0 Å². The molecule has 0 aliphatic heterocycles. The summed E-state index contributed by atoms with van der Waals surface area (Å²) in [4.78, 5) is 66.3. The zero-order chi connectivity index (χ0) is 34.5. The number of aliphatic hydroxyl groups excluding tert-OH is 1. The smallest absolute Gasteiger partial charge is 0.336 e. The lowest BCUT2D eigenvalue weighted by Crippen LogP contribution is -2.56. The van der Waals surface area contributed by atoms with E-state index in [1.165, 1.54) is 13.8 Å². The van der Waals surface area contributed by atoms with E-state index in [4.69, 9.17) is 14.6 Å². The molecule has 0 aliphatic rings. The number of hydrogen-bond acceptors (Lipinski definition) is 8. The minimum absolute atomic E-state index is 0.109. The van der Waals surface area contributed by atoms with E-state index in [2.05, 4.69) is 27.0 Å². The van der Waals surface area contributed by atoms with Crippen LogP contribution in [0.5, 0.6) is 0 Å². The molecular formula is C35H59N3O8. The highest BCUT2D eigenvalue weighted by Crippen LogP contribution is 2.13. The van der Waals surface area contributed by atoms with Crippen molar-refractivity contribution in [1.82, 2.24) is 13.7 Å². The minimum atomic E-state index is -0.829. The van der Waals surface area contributed by atoms with E-state index < -0.39 is 41.2 Å². The fraction of sp³-hybridized carbons (Fsp3) is 0.743. The lowest BCUT2D eigenvalue weighted by Gasteiger charge is -2.22. The normalized spacial score (nSPS) is 12.5. The van der Waals surface area contributed by atoms with Crippen LogP contribution in [0.2, 0.25) is 0 Å². The maximum atomic E-state index is 13.9. The number of rotatable bonds is 26. The zero-order valence-corrected chi connectivity index (χ0v) is 28.9. The molecule has 0 spiro atoms. The van der Waals surface area contributed by atoms with Crippen molar-refractivity contribution in [3.8, 4) is 0 Å². The summed E-state index contributed by atoms with van der Waals surface area (Å²) in [6.45, 7) is 14.4. The molecule has 0 saturated heterocycles. The number of nitrogens with zero attached hydrogens (tertiary/aromatic N) is 3. The Morgan fingerprint density at radius 1 is 0.609 bits per heavy atom. The molecule has 2 atom stereocenters. The zero-order valence-electron chi connectivity index (χ0n) is 28.9. The third kappa shape index (κ3) is 14.9. The molecule has 0 bridgehead atoms. The molecule has 0 saturated carbocycles. The van der Waals surface area contributed by atoms with E-state index in [1.54, 1.807) is 0 Å². The summed E-state index contributed by atoms with van der Waals surface area (Å²) in [6.07, 6.45) is 11.4. The molecule has 0 aromatic carbocycles. The SMILES string of the molecule is C=C(C)C(=O)OC(CCCCCC)Cn1c(=O)n(CCCCCCCCO)c(=O)n(CC(CCCCCC)OC(=O)C(=C)C)c1=O. The van der Waals surface area contributed by atoms with E-state index in [0.29, 0.717) is 19.3 Å². The van der Waals surface area contributed by atoms with Gasteiger partial charge in [0.2, 0.25) is 0 Å². The lowest BCUT2D eigenvalue weighted by molar-refractivity contribution is -0.146. The van der Waals surface area contributed by atoms with Gasteiger partial charge in [-0.25, -0.2) is 37.7 Å². The molecule has 11 nitrogen and oxygen atoms in total. The second-order valence-electron chi connectivity index (χ2n) is 12.4. The second-order valence-corrected chi connectivity index (χ2v) is 12.4. The van der Waals surface area contributed by atoms with Crippen LogP contribution in [0, 0.1) is 0 Å². The predicted molar refractivity (Wildman–Crippen MR) is 181 cm³/mol. The highest BCUT2D eigenvalue weighted by molar-refractivity contribution is 5.87. The molecule has 1 N–H and O–H groups in total. The van der Waals surface area contributed by atoms with Crippen molar-refractivity contribution >= 4 is 11.9 Å². The van der Waals surface area contributed by atoms with Crippen molar-refractivity contribution in [3.63, 3.8) is 0 Å². The van der Waals surface area contributed by atoms with Gasteiger partial charge in [-0.2, -0.15) is 0 Å². The van der Waals surface area contributed by atoms with Gasteiger partial charge in [-0.05, 0) is 52.4 Å². The first kappa shape index (κ1) is 40.8. The van der Waals surface area contributed by atoms with Crippen LogP contribution in [0.15, 0.2) is 38.7 Å². The maximum Gasteiger partial charge on any atom is 0.336 e.